The van der Waals surface area contributed by atoms with E-state index in [4.69, 9.17) is 14.2 Å². The van der Waals surface area contributed by atoms with Crippen LogP contribution in [0.3, 0.4) is 0 Å². The minimum atomic E-state index is -0.212. The van der Waals surface area contributed by atoms with E-state index < -0.39 is 0 Å². The van der Waals surface area contributed by atoms with Crippen molar-refractivity contribution in [2.75, 3.05) is 20.8 Å². The summed E-state index contributed by atoms with van der Waals surface area (Å²) in [4.78, 5) is 14.4. The first-order chi connectivity index (χ1) is 16.1. The predicted molar refractivity (Wildman–Crippen MR) is 127 cm³/mol. The normalized spacial score (nSPS) is 18.6. The fraction of sp³-hybridized carbons (Fsp3) is 0.385. The van der Waals surface area contributed by atoms with Crippen LogP contribution in [-0.2, 0) is 11.3 Å². The molecule has 1 N–H and O–H groups in total. The first-order valence-corrected chi connectivity index (χ1v) is 11.4. The highest BCUT2D eigenvalue weighted by Gasteiger charge is 2.41. The summed E-state index contributed by atoms with van der Waals surface area (Å²) in [5.41, 5.74) is 2.39. The largest absolute Gasteiger partial charge is 0.494 e. The molecule has 172 valence electrons. The Balaban J connectivity index is 1.83. The van der Waals surface area contributed by atoms with Crippen molar-refractivity contribution in [3.8, 4) is 17.2 Å². The van der Waals surface area contributed by atoms with E-state index in [2.05, 4.69) is 12.1 Å². The third kappa shape index (κ3) is 3.34. The molecular weight excluding hydrogens is 420 g/mol. The molecule has 33 heavy (non-hydrogen) atoms. The van der Waals surface area contributed by atoms with E-state index in [1.165, 1.54) is 0 Å². The van der Waals surface area contributed by atoms with E-state index in [1.54, 1.807) is 14.2 Å². The van der Waals surface area contributed by atoms with Crippen molar-refractivity contribution >= 4 is 33.2 Å². The summed E-state index contributed by atoms with van der Waals surface area (Å²) >= 11 is 0. The average Bonchev–Trinajstić information content (AvgIpc) is 3.22. The predicted octanol–water partition coefficient (Wildman–Crippen LogP) is 4.87. The average molecular weight is 449 g/mol. The number of methoxy groups -OCH3 is 2. The Bertz CT molecular complexity index is 1280. The molecular formula is C26H28N2O5. The monoisotopic (exact) mass is 448 g/mol. The Morgan fingerprint density at radius 2 is 1.79 bits per heavy atom. The van der Waals surface area contributed by atoms with Gasteiger partial charge < -0.3 is 24.3 Å². The van der Waals surface area contributed by atoms with Gasteiger partial charge in [0.25, 0.3) is 0 Å². The molecule has 3 aromatic rings. The number of amides is 1. The fourth-order valence-electron chi connectivity index (χ4n) is 5.16. The summed E-state index contributed by atoms with van der Waals surface area (Å²) < 4.78 is 17.2. The summed E-state index contributed by atoms with van der Waals surface area (Å²) in [5.74, 6) is 2.12. The van der Waals surface area contributed by atoms with E-state index in [0.717, 1.165) is 51.3 Å². The smallest absolute Gasteiger partial charge is 0.223 e. The molecule has 0 aromatic heterocycles. The van der Waals surface area contributed by atoms with Gasteiger partial charge in [-0.1, -0.05) is 18.5 Å². The molecule has 2 aliphatic heterocycles. The standard InChI is InChI=1S/C26H28N2O5/c1-4-5-10-33-15-6-7-16-17(11-15)18-12-22(31-2)23(32-3)13-19(18)20-14-28-21(8-9-24(28)29)26(27-30)25(16)20/h6-7,11-13,21,30H,4-5,8-10,14H2,1-3H3/t21-/m0/s1. The molecule has 7 nitrogen and oxygen atoms in total. The number of hydrogen-bond acceptors (Lipinski definition) is 6. The summed E-state index contributed by atoms with van der Waals surface area (Å²) in [7, 11) is 3.23. The van der Waals surface area contributed by atoms with Gasteiger partial charge in [0, 0.05) is 18.5 Å². The molecule has 0 spiro atoms. The molecule has 1 amide bonds. The number of rotatable bonds is 6. The Morgan fingerprint density at radius 1 is 1.06 bits per heavy atom. The van der Waals surface area contributed by atoms with Gasteiger partial charge >= 0.3 is 0 Å². The zero-order chi connectivity index (χ0) is 23.1. The van der Waals surface area contributed by atoms with Gasteiger partial charge in [-0.05, 0) is 70.3 Å². The van der Waals surface area contributed by atoms with Crippen LogP contribution in [0, 0.1) is 0 Å². The molecule has 3 aromatic carbocycles. The Hall–Kier alpha value is -3.48. The third-order valence-electron chi connectivity index (χ3n) is 6.80. The number of nitrogens with zero attached hydrogens (tertiary/aromatic N) is 2. The summed E-state index contributed by atoms with van der Waals surface area (Å²) in [6.45, 7) is 3.26. The van der Waals surface area contributed by atoms with E-state index in [1.807, 2.05) is 35.2 Å². The fourth-order valence-corrected chi connectivity index (χ4v) is 5.16. The van der Waals surface area contributed by atoms with Crippen LogP contribution in [0.15, 0.2) is 35.5 Å². The number of fused-ring (bicyclic) bond motifs is 7. The number of ether oxygens (including phenoxy) is 3. The van der Waals surface area contributed by atoms with Gasteiger partial charge in [0.15, 0.2) is 11.5 Å². The number of carbonyl (C=O) groups excluding carboxylic acids is 1. The minimum absolute atomic E-state index is 0.0835. The second-order valence-corrected chi connectivity index (χ2v) is 8.58. The van der Waals surface area contributed by atoms with Gasteiger partial charge in [-0.25, -0.2) is 0 Å². The molecule has 0 bridgehead atoms. The van der Waals surface area contributed by atoms with Crippen LogP contribution in [0.2, 0.25) is 0 Å². The van der Waals surface area contributed by atoms with Crippen LogP contribution < -0.4 is 14.2 Å². The topological polar surface area (TPSA) is 80.6 Å². The molecule has 1 atom stereocenters. The molecule has 7 heteroatoms. The molecule has 5 rings (SSSR count). The molecule has 0 unspecified atom stereocenters. The molecule has 2 aliphatic rings. The molecule has 2 heterocycles. The maximum atomic E-state index is 12.6. The Morgan fingerprint density at radius 3 is 2.48 bits per heavy atom. The van der Waals surface area contributed by atoms with Crippen molar-refractivity contribution in [2.45, 2.75) is 45.2 Å². The SMILES string of the molecule is CCCCOc1ccc2c3c(c4cc(OC)c(OC)cc4c2c1)CN1C(=O)CC[C@H]1C3=NO. The number of oxime groups is 1. The lowest BCUT2D eigenvalue weighted by Gasteiger charge is -2.34. The van der Waals surface area contributed by atoms with Crippen molar-refractivity contribution in [1.82, 2.24) is 4.90 Å². The van der Waals surface area contributed by atoms with E-state index in [0.29, 0.717) is 43.2 Å². The number of benzene rings is 3. The van der Waals surface area contributed by atoms with Gasteiger partial charge in [0.2, 0.25) is 5.91 Å². The highest BCUT2D eigenvalue weighted by atomic mass is 16.5. The van der Waals surface area contributed by atoms with E-state index >= 15 is 0 Å². The van der Waals surface area contributed by atoms with Crippen molar-refractivity contribution in [2.24, 2.45) is 5.16 Å². The molecule has 0 aliphatic carbocycles. The maximum Gasteiger partial charge on any atom is 0.223 e. The molecule has 1 fully saturated rings. The summed E-state index contributed by atoms with van der Waals surface area (Å²) in [5, 5.41) is 17.7. The van der Waals surface area contributed by atoms with Gasteiger partial charge in [0.05, 0.1) is 26.9 Å². The van der Waals surface area contributed by atoms with Crippen molar-refractivity contribution in [3.63, 3.8) is 0 Å². The second-order valence-electron chi connectivity index (χ2n) is 8.58. The van der Waals surface area contributed by atoms with Crippen LogP contribution in [0.1, 0.15) is 43.7 Å². The quantitative estimate of drug-likeness (QED) is 0.252. The van der Waals surface area contributed by atoms with Crippen LogP contribution >= 0.6 is 0 Å². The number of hydrogen-bond donors (Lipinski definition) is 1. The van der Waals surface area contributed by atoms with Crippen LogP contribution in [-0.4, -0.2) is 48.6 Å². The summed E-state index contributed by atoms with van der Waals surface area (Å²) in [6.07, 6.45) is 3.16. The van der Waals surface area contributed by atoms with Crippen LogP contribution in [0.5, 0.6) is 17.2 Å². The zero-order valence-corrected chi connectivity index (χ0v) is 19.2. The number of carbonyl (C=O) groups is 1. The van der Waals surface area contributed by atoms with Gasteiger partial charge in [-0.3, -0.25) is 4.79 Å². The van der Waals surface area contributed by atoms with Crippen molar-refractivity contribution < 1.29 is 24.2 Å². The first-order valence-electron chi connectivity index (χ1n) is 11.4. The Kier molecular flexibility index (Phi) is 5.48. The maximum absolute atomic E-state index is 12.6. The summed E-state index contributed by atoms with van der Waals surface area (Å²) in [6, 6.07) is 9.75. The van der Waals surface area contributed by atoms with Crippen LogP contribution in [0.25, 0.3) is 21.5 Å². The lowest BCUT2D eigenvalue weighted by molar-refractivity contribution is -0.128. The second kappa shape index (κ2) is 8.46. The van der Waals surface area contributed by atoms with Gasteiger partial charge in [0.1, 0.15) is 11.5 Å². The van der Waals surface area contributed by atoms with E-state index in [-0.39, 0.29) is 11.9 Å². The first kappa shape index (κ1) is 21.4. The highest BCUT2D eigenvalue weighted by molar-refractivity contribution is 6.24. The minimum Gasteiger partial charge on any atom is -0.494 e. The Labute approximate surface area is 192 Å². The van der Waals surface area contributed by atoms with Gasteiger partial charge in [-0.15, -0.1) is 0 Å². The lowest BCUT2D eigenvalue weighted by atomic mass is 9.84. The molecule has 0 radical (unpaired) electrons. The van der Waals surface area contributed by atoms with Crippen LogP contribution in [0.4, 0.5) is 0 Å². The third-order valence-corrected chi connectivity index (χ3v) is 6.80. The number of unbranched alkanes of at least 4 members (excludes halogenated alkanes) is 1. The molecule has 0 saturated carbocycles. The zero-order valence-electron chi connectivity index (χ0n) is 19.2. The highest BCUT2D eigenvalue weighted by Crippen LogP contribution is 2.44. The van der Waals surface area contributed by atoms with E-state index in [9.17, 15) is 10.0 Å². The van der Waals surface area contributed by atoms with Gasteiger partial charge in [-0.2, -0.15) is 0 Å². The van der Waals surface area contributed by atoms with Crippen molar-refractivity contribution in [3.05, 3.63) is 41.5 Å². The molecule has 1 saturated heterocycles. The van der Waals surface area contributed by atoms with Crippen molar-refractivity contribution in [1.29, 1.82) is 0 Å². The lowest BCUT2D eigenvalue weighted by Crippen LogP contribution is -2.43.